The van der Waals surface area contributed by atoms with E-state index in [0.717, 1.165) is 21.5 Å². The Kier molecular flexibility index (Phi) is 3.52. The Balaban J connectivity index is 2.15. The van der Waals surface area contributed by atoms with Gasteiger partial charge >= 0.3 is 0 Å². The zero-order chi connectivity index (χ0) is 12.4. The number of rotatable bonds is 1. The quantitative estimate of drug-likeness (QED) is 0.775. The molecule has 2 rings (SSSR count). The Morgan fingerprint density at radius 3 is 2.41 bits per heavy atom. The van der Waals surface area contributed by atoms with Crippen molar-refractivity contribution < 1.29 is 0 Å². The van der Waals surface area contributed by atoms with Crippen molar-refractivity contribution >= 4 is 28.3 Å². The molecule has 1 aliphatic heterocycles. The molecular weight excluding hydrogens is 230 g/mol. The number of nitrogen functional groups attached to an aromatic ring is 1. The van der Waals surface area contributed by atoms with Gasteiger partial charge in [-0.2, -0.15) is 0 Å². The van der Waals surface area contributed by atoms with E-state index in [9.17, 15) is 0 Å². The summed E-state index contributed by atoms with van der Waals surface area (Å²) in [7, 11) is 0. The van der Waals surface area contributed by atoms with Crippen LogP contribution in [0.1, 0.15) is 20.8 Å². The van der Waals surface area contributed by atoms with Gasteiger partial charge in [0, 0.05) is 22.2 Å². The van der Waals surface area contributed by atoms with Gasteiger partial charge < -0.3 is 5.73 Å². The van der Waals surface area contributed by atoms with E-state index in [1.165, 1.54) is 0 Å². The largest absolute Gasteiger partial charge is 0.399 e. The molecule has 1 aliphatic rings. The first-order valence-corrected chi connectivity index (χ1v) is 6.54. The Labute approximate surface area is 106 Å². The molecule has 17 heavy (non-hydrogen) atoms. The summed E-state index contributed by atoms with van der Waals surface area (Å²) in [6.07, 6.45) is 0. The fourth-order valence-corrected chi connectivity index (χ4v) is 2.50. The van der Waals surface area contributed by atoms with Gasteiger partial charge in [-0.05, 0) is 38.1 Å². The molecule has 2 unspecified atom stereocenters. The monoisotopic (exact) mass is 247 g/mol. The van der Waals surface area contributed by atoms with Crippen molar-refractivity contribution in [1.29, 1.82) is 0 Å². The van der Waals surface area contributed by atoms with Gasteiger partial charge in [-0.3, -0.25) is 4.99 Å². The highest BCUT2D eigenvalue weighted by Gasteiger charge is 2.20. The molecule has 0 fully saturated rings. The first-order valence-electron chi connectivity index (χ1n) is 5.72. The highest BCUT2D eigenvalue weighted by atomic mass is 32.2. The topological polar surface area (TPSA) is 50.7 Å². The van der Waals surface area contributed by atoms with Crippen LogP contribution in [0.5, 0.6) is 0 Å². The summed E-state index contributed by atoms with van der Waals surface area (Å²) in [5.41, 5.74) is 7.59. The van der Waals surface area contributed by atoms with Crippen molar-refractivity contribution in [2.45, 2.75) is 31.7 Å². The predicted molar refractivity (Wildman–Crippen MR) is 75.9 cm³/mol. The second-order valence-corrected chi connectivity index (χ2v) is 5.41. The van der Waals surface area contributed by atoms with Crippen LogP contribution in [0.15, 0.2) is 39.1 Å². The van der Waals surface area contributed by atoms with Crippen LogP contribution in [-0.4, -0.2) is 16.9 Å². The van der Waals surface area contributed by atoms with E-state index in [4.69, 9.17) is 5.73 Å². The van der Waals surface area contributed by atoms with E-state index in [1.54, 1.807) is 11.8 Å². The van der Waals surface area contributed by atoms with Crippen molar-refractivity contribution in [3.05, 3.63) is 24.3 Å². The average molecular weight is 247 g/mol. The lowest BCUT2D eigenvalue weighted by molar-refractivity contribution is 0.607. The minimum Gasteiger partial charge on any atom is -0.399 e. The van der Waals surface area contributed by atoms with E-state index in [2.05, 4.69) is 30.8 Å². The fourth-order valence-electron chi connectivity index (χ4n) is 1.61. The number of hydrogen-bond donors (Lipinski definition) is 1. The van der Waals surface area contributed by atoms with Gasteiger partial charge in [-0.1, -0.05) is 18.7 Å². The summed E-state index contributed by atoms with van der Waals surface area (Å²) >= 11 is 1.59. The third-order valence-corrected chi connectivity index (χ3v) is 3.95. The van der Waals surface area contributed by atoms with Gasteiger partial charge in [0.1, 0.15) is 0 Å². The highest BCUT2D eigenvalue weighted by molar-refractivity contribution is 8.14. The maximum Gasteiger partial charge on any atom is 0.188 e. The molecule has 1 aromatic carbocycles. The van der Waals surface area contributed by atoms with Crippen molar-refractivity contribution in [2.75, 3.05) is 5.73 Å². The number of hydrogen-bond acceptors (Lipinski definition) is 4. The molecule has 0 amide bonds. The Hall–Kier alpha value is -1.29. The predicted octanol–water partition coefficient (Wildman–Crippen LogP) is 3.22. The van der Waals surface area contributed by atoms with E-state index in [-0.39, 0.29) is 0 Å². The van der Waals surface area contributed by atoms with Gasteiger partial charge in [0.25, 0.3) is 0 Å². The number of amidine groups is 1. The van der Waals surface area contributed by atoms with E-state index >= 15 is 0 Å². The Bertz CT molecular complexity index is 462. The van der Waals surface area contributed by atoms with Crippen LogP contribution in [-0.2, 0) is 0 Å². The number of aliphatic imine (C=N–C) groups is 2. The van der Waals surface area contributed by atoms with E-state index < -0.39 is 0 Å². The number of thioether (sulfide) groups is 1. The Morgan fingerprint density at radius 2 is 1.82 bits per heavy atom. The molecule has 0 aliphatic carbocycles. The summed E-state index contributed by atoms with van der Waals surface area (Å²) in [5.74, 6) is 0.436. The van der Waals surface area contributed by atoms with Crippen molar-refractivity contribution in [3.63, 3.8) is 0 Å². The fraction of sp³-hybridized carbons (Fsp3) is 0.385. The van der Waals surface area contributed by atoms with Crippen LogP contribution in [0.25, 0.3) is 0 Å². The molecule has 0 aromatic heterocycles. The summed E-state index contributed by atoms with van der Waals surface area (Å²) in [5, 5.41) is 0.845. The van der Waals surface area contributed by atoms with Gasteiger partial charge in [-0.25, -0.2) is 4.99 Å². The van der Waals surface area contributed by atoms with Crippen molar-refractivity contribution in [2.24, 2.45) is 15.9 Å². The molecule has 1 heterocycles. The third kappa shape index (κ3) is 2.88. The van der Waals surface area contributed by atoms with Crippen LogP contribution in [0.3, 0.4) is 0 Å². The minimum atomic E-state index is 0.309. The molecule has 0 radical (unpaired) electrons. The molecule has 0 bridgehead atoms. The maximum absolute atomic E-state index is 5.66. The molecule has 0 saturated carbocycles. The van der Waals surface area contributed by atoms with Crippen molar-refractivity contribution in [1.82, 2.24) is 0 Å². The lowest BCUT2D eigenvalue weighted by Gasteiger charge is -2.21. The second-order valence-electron chi connectivity index (χ2n) is 4.37. The second kappa shape index (κ2) is 4.92. The maximum atomic E-state index is 5.66. The molecule has 2 atom stereocenters. The van der Waals surface area contributed by atoms with Gasteiger partial charge in [0.05, 0.1) is 6.04 Å². The number of nitrogens with zero attached hydrogens (tertiary/aromatic N) is 2. The van der Waals surface area contributed by atoms with Gasteiger partial charge in [0.2, 0.25) is 0 Å². The van der Waals surface area contributed by atoms with Crippen LogP contribution < -0.4 is 5.73 Å². The zero-order valence-electron chi connectivity index (χ0n) is 10.3. The van der Waals surface area contributed by atoms with Crippen LogP contribution in [0.4, 0.5) is 5.69 Å². The third-order valence-electron chi connectivity index (χ3n) is 3.06. The molecule has 4 heteroatoms. The summed E-state index contributed by atoms with van der Waals surface area (Å²) in [6.45, 7) is 6.36. The highest BCUT2D eigenvalue weighted by Crippen LogP contribution is 2.26. The minimum absolute atomic E-state index is 0.309. The van der Waals surface area contributed by atoms with Crippen LogP contribution in [0, 0.1) is 5.92 Å². The number of anilines is 1. The molecule has 0 spiro atoms. The summed E-state index contributed by atoms with van der Waals surface area (Å²) < 4.78 is 0. The first kappa shape index (κ1) is 12.2. The summed E-state index contributed by atoms with van der Waals surface area (Å²) in [4.78, 5) is 10.2. The SMILES string of the molecule is CC1=NC(Sc2ccc(N)cc2)=NC(C)C1C. The number of benzene rings is 1. The van der Waals surface area contributed by atoms with E-state index in [0.29, 0.717) is 12.0 Å². The smallest absolute Gasteiger partial charge is 0.188 e. The molecular formula is C13H17N3S. The normalized spacial score (nSPS) is 24.2. The van der Waals surface area contributed by atoms with Gasteiger partial charge in [0.15, 0.2) is 5.17 Å². The molecule has 1 aromatic rings. The Morgan fingerprint density at radius 1 is 1.18 bits per heavy atom. The molecule has 3 nitrogen and oxygen atoms in total. The number of nitrogens with two attached hydrogens (primary N) is 1. The van der Waals surface area contributed by atoms with E-state index in [1.807, 2.05) is 24.3 Å². The molecule has 0 saturated heterocycles. The van der Waals surface area contributed by atoms with Crippen LogP contribution in [0.2, 0.25) is 0 Å². The molecule has 90 valence electrons. The lowest BCUT2D eigenvalue weighted by Crippen LogP contribution is -2.25. The van der Waals surface area contributed by atoms with Crippen LogP contribution >= 0.6 is 11.8 Å². The average Bonchev–Trinajstić information content (AvgIpc) is 2.29. The zero-order valence-corrected chi connectivity index (χ0v) is 11.2. The molecule has 2 N–H and O–H groups in total. The lowest BCUT2D eigenvalue weighted by atomic mass is 9.99. The standard InChI is InChI=1S/C13H17N3S/c1-8-9(2)15-13(16-10(8)3)17-12-6-4-11(14)5-7-12/h4-9H,14H2,1-3H3. The van der Waals surface area contributed by atoms with Crippen molar-refractivity contribution in [3.8, 4) is 0 Å². The van der Waals surface area contributed by atoms with Gasteiger partial charge in [-0.15, -0.1) is 0 Å². The summed E-state index contributed by atoms with van der Waals surface area (Å²) in [6, 6.07) is 8.10. The first-order chi connectivity index (χ1) is 8.06.